The van der Waals surface area contributed by atoms with E-state index in [4.69, 9.17) is 9.47 Å². The number of methoxy groups -OCH3 is 1. The number of ether oxygens (including phenoxy) is 2. The minimum absolute atomic E-state index is 0.0777. The zero-order valence-corrected chi connectivity index (χ0v) is 22.7. The Morgan fingerprint density at radius 1 is 0.974 bits per heavy atom. The first-order valence-electron chi connectivity index (χ1n) is 13.6. The van der Waals surface area contributed by atoms with Gasteiger partial charge in [-0.3, -0.25) is 19.4 Å². The molecule has 2 aliphatic rings. The van der Waals surface area contributed by atoms with E-state index in [9.17, 15) is 9.59 Å². The molecule has 3 aromatic rings. The monoisotopic (exact) mass is 532 g/mol. The van der Waals surface area contributed by atoms with Crippen LogP contribution in [0.1, 0.15) is 12.7 Å². The number of carbonyl (C=O) groups is 2. The first-order valence-corrected chi connectivity index (χ1v) is 13.6. The van der Waals surface area contributed by atoms with Crippen LogP contribution in [0.3, 0.4) is 0 Å². The number of anilines is 1. The Balaban J connectivity index is 1.25. The third kappa shape index (κ3) is 6.70. The molecule has 0 radical (unpaired) electrons. The van der Waals surface area contributed by atoms with Gasteiger partial charge in [0, 0.05) is 68.5 Å². The van der Waals surface area contributed by atoms with E-state index in [1.165, 1.54) is 0 Å². The molecular formula is C29H36N6O4. The van der Waals surface area contributed by atoms with Gasteiger partial charge in [-0.2, -0.15) is 0 Å². The Morgan fingerprint density at radius 2 is 1.72 bits per heavy atom. The molecule has 1 aromatic heterocycles. The molecule has 10 nitrogen and oxygen atoms in total. The molecule has 0 spiro atoms. The summed E-state index contributed by atoms with van der Waals surface area (Å²) in [5.41, 5.74) is 2.45. The highest BCUT2D eigenvalue weighted by Crippen LogP contribution is 2.33. The summed E-state index contributed by atoms with van der Waals surface area (Å²) in [6.45, 7) is 8.26. The number of fused-ring (bicyclic) bond motifs is 1. The molecule has 0 atom stereocenters. The van der Waals surface area contributed by atoms with Gasteiger partial charge in [-0.1, -0.05) is 13.0 Å². The highest BCUT2D eigenvalue weighted by Gasteiger charge is 2.24. The van der Waals surface area contributed by atoms with Crippen LogP contribution in [-0.2, 0) is 20.7 Å². The van der Waals surface area contributed by atoms with E-state index in [1.54, 1.807) is 13.3 Å². The molecule has 0 aliphatic carbocycles. The maximum atomic E-state index is 13.2. The maximum Gasteiger partial charge on any atom is 0.238 e. The van der Waals surface area contributed by atoms with Gasteiger partial charge in [0.15, 0.2) is 0 Å². The van der Waals surface area contributed by atoms with Gasteiger partial charge in [0.05, 0.1) is 39.1 Å². The van der Waals surface area contributed by atoms with Gasteiger partial charge in [0.1, 0.15) is 11.6 Å². The van der Waals surface area contributed by atoms with E-state index >= 15 is 0 Å². The number of aryl methyl sites for hydroxylation is 1. The molecular weight excluding hydrogens is 496 g/mol. The van der Waals surface area contributed by atoms with Crippen molar-refractivity contribution in [3.05, 3.63) is 48.4 Å². The summed E-state index contributed by atoms with van der Waals surface area (Å²) in [4.78, 5) is 41.0. The second-order valence-electron chi connectivity index (χ2n) is 9.92. The van der Waals surface area contributed by atoms with Crippen molar-refractivity contribution in [2.45, 2.75) is 13.3 Å². The Bertz CT molecular complexity index is 1320. The average molecular weight is 533 g/mol. The molecule has 5 rings (SSSR count). The van der Waals surface area contributed by atoms with E-state index < -0.39 is 0 Å². The number of amides is 2. The van der Waals surface area contributed by atoms with Crippen molar-refractivity contribution in [1.82, 2.24) is 24.7 Å². The highest BCUT2D eigenvalue weighted by atomic mass is 16.5. The zero-order chi connectivity index (χ0) is 27.2. The maximum absolute atomic E-state index is 13.2. The molecule has 39 heavy (non-hydrogen) atoms. The van der Waals surface area contributed by atoms with Gasteiger partial charge < -0.3 is 19.7 Å². The van der Waals surface area contributed by atoms with E-state index in [1.807, 2.05) is 42.2 Å². The van der Waals surface area contributed by atoms with Gasteiger partial charge in [-0.15, -0.1) is 0 Å². The molecule has 2 fully saturated rings. The predicted octanol–water partition coefficient (Wildman–Crippen LogP) is 2.28. The van der Waals surface area contributed by atoms with Crippen molar-refractivity contribution in [1.29, 1.82) is 0 Å². The zero-order valence-electron chi connectivity index (χ0n) is 22.7. The van der Waals surface area contributed by atoms with Crippen molar-refractivity contribution in [2.24, 2.45) is 0 Å². The summed E-state index contributed by atoms with van der Waals surface area (Å²) >= 11 is 0. The van der Waals surface area contributed by atoms with E-state index in [0.29, 0.717) is 32.8 Å². The number of benzene rings is 2. The van der Waals surface area contributed by atoms with Crippen LogP contribution in [0.4, 0.5) is 5.69 Å². The van der Waals surface area contributed by atoms with Crippen LogP contribution < -0.4 is 10.1 Å². The average Bonchev–Trinajstić information content (AvgIpc) is 2.98. The number of hydrogen-bond acceptors (Lipinski definition) is 8. The van der Waals surface area contributed by atoms with Crippen molar-refractivity contribution in [3.8, 4) is 17.0 Å². The fourth-order valence-electron chi connectivity index (χ4n) is 5.05. The molecule has 0 saturated carbocycles. The highest BCUT2D eigenvalue weighted by molar-refractivity contribution is 6.05. The van der Waals surface area contributed by atoms with Crippen LogP contribution in [0.5, 0.6) is 5.75 Å². The Hall–Kier alpha value is -3.60. The SMILES string of the molecule is CCc1nccc(-c2cc(NC(=O)CN3CCN(CC(=O)N4CCOCC4)CC3)c3cc(OC)ccc3c2)n1. The lowest BCUT2D eigenvalue weighted by atomic mass is 10.0. The number of piperazine rings is 1. The van der Waals surface area contributed by atoms with Crippen molar-refractivity contribution in [3.63, 3.8) is 0 Å². The number of nitrogens with one attached hydrogen (secondary N) is 1. The molecule has 2 amide bonds. The van der Waals surface area contributed by atoms with Gasteiger partial charge in [-0.25, -0.2) is 9.97 Å². The summed E-state index contributed by atoms with van der Waals surface area (Å²) in [5.74, 6) is 1.58. The second-order valence-corrected chi connectivity index (χ2v) is 9.92. The summed E-state index contributed by atoms with van der Waals surface area (Å²) in [6.07, 6.45) is 2.52. The predicted molar refractivity (Wildman–Crippen MR) is 150 cm³/mol. The first kappa shape index (κ1) is 27.0. The van der Waals surface area contributed by atoms with Crippen LogP contribution in [0.15, 0.2) is 42.6 Å². The normalized spacial score (nSPS) is 16.8. The lowest BCUT2D eigenvalue weighted by molar-refractivity contribution is -0.137. The third-order valence-electron chi connectivity index (χ3n) is 7.31. The molecule has 2 aliphatic heterocycles. The third-order valence-corrected chi connectivity index (χ3v) is 7.31. The molecule has 1 N–H and O–H groups in total. The Labute approximate surface area is 228 Å². The van der Waals surface area contributed by atoms with Gasteiger partial charge in [0.25, 0.3) is 0 Å². The number of nitrogens with zero attached hydrogens (tertiary/aromatic N) is 5. The van der Waals surface area contributed by atoms with E-state index in [-0.39, 0.29) is 18.4 Å². The van der Waals surface area contributed by atoms with Gasteiger partial charge in [0.2, 0.25) is 11.8 Å². The molecule has 206 valence electrons. The van der Waals surface area contributed by atoms with Crippen LogP contribution in [0.25, 0.3) is 22.0 Å². The number of carbonyl (C=O) groups excluding carboxylic acids is 2. The lowest BCUT2D eigenvalue weighted by Gasteiger charge is -2.35. The van der Waals surface area contributed by atoms with Crippen molar-refractivity contribution >= 4 is 28.3 Å². The lowest BCUT2D eigenvalue weighted by Crippen LogP contribution is -2.52. The summed E-state index contributed by atoms with van der Waals surface area (Å²) < 4.78 is 10.8. The topological polar surface area (TPSA) is 100 Å². The van der Waals surface area contributed by atoms with Crippen LogP contribution in [-0.4, -0.2) is 109 Å². The molecule has 3 heterocycles. The summed E-state index contributed by atoms with van der Waals surface area (Å²) in [7, 11) is 1.63. The minimum atomic E-state index is -0.0777. The smallest absolute Gasteiger partial charge is 0.238 e. The fraction of sp³-hybridized carbons (Fsp3) is 0.448. The van der Waals surface area contributed by atoms with Gasteiger partial charge >= 0.3 is 0 Å². The van der Waals surface area contributed by atoms with E-state index in [2.05, 4.69) is 31.2 Å². The summed E-state index contributed by atoms with van der Waals surface area (Å²) in [5, 5.41) is 5.03. The number of rotatable bonds is 8. The quantitative estimate of drug-likeness (QED) is 0.472. The van der Waals surface area contributed by atoms with Crippen LogP contribution in [0, 0.1) is 0 Å². The fourth-order valence-corrected chi connectivity index (χ4v) is 5.05. The van der Waals surface area contributed by atoms with E-state index in [0.717, 1.165) is 71.9 Å². The second kappa shape index (κ2) is 12.5. The minimum Gasteiger partial charge on any atom is -0.497 e. The van der Waals surface area contributed by atoms with Crippen molar-refractivity contribution < 1.29 is 19.1 Å². The molecule has 10 heteroatoms. The number of morpholine rings is 1. The molecule has 2 saturated heterocycles. The Morgan fingerprint density at radius 3 is 2.44 bits per heavy atom. The van der Waals surface area contributed by atoms with Crippen LogP contribution >= 0.6 is 0 Å². The number of hydrogen-bond donors (Lipinski definition) is 1. The molecule has 0 unspecified atom stereocenters. The largest absolute Gasteiger partial charge is 0.497 e. The molecule has 2 aromatic carbocycles. The molecule has 0 bridgehead atoms. The number of aromatic nitrogens is 2. The standard InChI is InChI=1S/C29H36N6O4/c1-3-27-30-7-6-25(31-27)22-16-21-4-5-23(38-2)18-24(21)26(17-22)32-28(36)19-33-8-10-34(11-9-33)20-29(37)35-12-14-39-15-13-35/h4-7,16-18H,3,8-15,19-20H2,1-2H3,(H,32,36). The summed E-state index contributed by atoms with van der Waals surface area (Å²) in [6, 6.07) is 11.8. The van der Waals surface area contributed by atoms with Crippen LogP contribution in [0.2, 0.25) is 0 Å². The Kier molecular flexibility index (Phi) is 8.65. The van der Waals surface area contributed by atoms with Crippen molar-refractivity contribution in [2.75, 3.05) is 78.0 Å². The van der Waals surface area contributed by atoms with Gasteiger partial charge in [-0.05, 0) is 35.7 Å². The first-order chi connectivity index (χ1) is 19.0.